The predicted octanol–water partition coefficient (Wildman–Crippen LogP) is 6.73. The smallest absolute Gasteiger partial charge is 0.382 e. The number of benzene rings is 2. The third-order valence-electron chi connectivity index (χ3n) is 6.80. The van der Waals surface area contributed by atoms with Crippen molar-refractivity contribution in [2.45, 2.75) is 54.6 Å². The second-order valence-electron chi connectivity index (χ2n) is 10.2. The maximum absolute atomic E-state index is 13.2. The molecule has 1 unspecified atom stereocenters. The van der Waals surface area contributed by atoms with Crippen LogP contribution in [0.25, 0.3) is 6.08 Å². The highest BCUT2D eigenvalue weighted by Crippen LogP contribution is 2.46. The molecule has 0 spiro atoms. The number of nitrogens with zero attached hydrogens (tertiary/aromatic N) is 3. The highest BCUT2D eigenvalue weighted by Gasteiger charge is 2.48. The highest BCUT2D eigenvalue weighted by atomic mass is 32.2. The van der Waals surface area contributed by atoms with Gasteiger partial charge in [-0.1, -0.05) is 42.5 Å². The number of hydrogen-bond acceptors (Lipinski definition) is 6. The molecule has 1 N–H and O–H groups in total. The van der Waals surface area contributed by atoms with E-state index in [0.29, 0.717) is 11.1 Å². The van der Waals surface area contributed by atoms with Gasteiger partial charge in [0.25, 0.3) is 0 Å². The normalized spacial score (nSPS) is 20.3. The Morgan fingerprint density at radius 2 is 1.43 bits per heavy atom. The van der Waals surface area contributed by atoms with Crippen molar-refractivity contribution >= 4 is 17.8 Å². The molecular formula is C29H29F6N3O3S. The zero-order chi connectivity index (χ0) is 30.6. The summed E-state index contributed by atoms with van der Waals surface area (Å²) in [7, 11) is 0. The summed E-state index contributed by atoms with van der Waals surface area (Å²) in [6, 6.07) is 9.21. The molecule has 2 aromatic carbocycles. The summed E-state index contributed by atoms with van der Waals surface area (Å²) in [5.74, 6) is 0. The summed E-state index contributed by atoms with van der Waals surface area (Å²) >= 11 is 1.38. The molecule has 0 amide bonds. The van der Waals surface area contributed by atoms with Crippen LogP contribution >= 0.6 is 11.8 Å². The first-order valence-electron chi connectivity index (χ1n) is 12.8. The molecular weight excluding hydrogens is 584 g/mol. The number of aromatic nitrogens is 3. The van der Waals surface area contributed by atoms with Gasteiger partial charge >= 0.3 is 12.4 Å². The molecule has 0 saturated carbocycles. The average molecular weight is 614 g/mol. The van der Waals surface area contributed by atoms with E-state index in [9.17, 15) is 31.4 Å². The molecule has 0 radical (unpaired) electrons. The van der Waals surface area contributed by atoms with Crippen LogP contribution in [-0.4, -0.2) is 49.4 Å². The van der Waals surface area contributed by atoms with Crippen molar-refractivity contribution in [1.82, 2.24) is 14.8 Å². The first-order chi connectivity index (χ1) is 19.7. The predicted molar refractivity (Wildman–Crippen MR) is 146 cm³/mol. The standard InChI is InChI=1S/C29H29F6N3O3S/c1-26(2,27(39,17-38-19-36-18-37-38)21-11-13-23(14-12-21)29(33,34)35)42-24-15-40-25(41-16-24)6-4-3-5-20-7-9-22(10-8-20)28(30,31)32/h3-14,18-19,24-25,39H,15-17H2,1-2H3. The summed E-state index contributed by atoms with van der Waals surface area (Å²) in [5, 5.41) is 15.9. The van der Waals surface area contributed by atoms with Crippen LogP contribution < -0.4 is 0 Å². The van der Waals surface area contributed by atoms with Crippen molar-refractivity contribution in [2.24, 2.45) is 0 Å². The molecule has 4 rings (SSSR count). The third-order valence-corrected chi connectivity index (χ3v) is 8.34. The molecule has 13 heteroatoms. The van der Waals surface area contributed by atoms with Gasteiger partial charge in [-0.2, -0.15) is 31.4 Å². The van der Waals surface area contributed by atoms with E-state index >= 15 is 0 Å². The van der Waals surface area contributed by atoms with E-state index in [1.807, 2.05) is 0 Å². The SMILES string of the molecule is CC(C)(SC1COC(C=CC=Cc2ccc(C(F)(F)F)cc2)OC1)C(O)(Cn1cncn1)c1ccc(C(F)(F)F)cc1. The molecule has 1 aromatic heterocycles. The van der Waals surface area contributed by atoms with E-state index in [1.165, 1.54) is 53.4 Å². The van der Waals surface area contributed by atoms with E-state index in [2.05, 4.69) is 10.1 Å². The lowest BCUT2D eigenvalue weighted by Gasteiger charge is -2.45. The highest BCUT2D eigenvalue weighted by molar-refractivity contribution is 8.01. The van der Waals surface area contributed by atoms with E-state index in [0.717, 1.165) is 24.3 Å². The minimum absolute atomic E-state index is 0.0522. The summed E-state index contributed by atoms with van der Waals surface area (Å²) < 4.78 is 89.7. The number of thioether (sulfide) groups is 1. The topological polar surface area (TPSA) is 69.4 Å². The minimum atomic E-state index is -4.51. The molecule has 1 aliphatic heterocycles. The van der Waals surface area contributed by atoms with Crippen molar-refractivity contribution in [3.63, 3.8) is 0 Å². The third kappa shape index (κ3) is 7.82. The maximum Gasteiger partial charge on any atom is 0.416 e. The fraction of sp³-hybridized carbons (Fsp3) is 0.379. The Kier molecular flexibility index (Phi) is 9.55. The van der Waals surface area contributed by atoms with Gasteiger partial charge in [0.15, 0.2) is 6.29 Å². The Labute approximate surface area is 243 Å². The van der Waals surface area contributed by atoms with E-state index in [-0.39, 0.29) is 25.0 Å². The Balaban J connectivity index is 1.38. The van der Waals surface area contributed by atoms with E-state index in [4.69, 9.17) is 9.47 Å². The Hall–Kier alpha value is -3.13. The van der Waals surface area contributed by atoms with Crippen LogP contribution in [0.1, 0.15) is 36.1 Å². The molecule has 1 saturated heterocycles. The molecule has 1 atom stereocenters. The van der Waals surface area contributed by atoms with Gasteiger partial charge in [-0.25, -0.2) is 9.67 Å². The van der Waals surface area contributed by atoms with Gasteiger partial charge in [0.1, 0.15) is 18.3 Å². The summed E-state index contributed by atoms with van der Waals surface area (Å²) in [6.07, 6.45) is -0.170. The largest absolute Gasteiger partial charge is 0.416 e. The van der Waals surface area contributed by atoms with Gasteiger partial charge in [-0.3, -0.25) is 0 Å². The van der Waals surface area contributed by atoms with Crippen molar-refractivity contribution in [3.05, 3.63) is 102 Å². The van der Waals surface area contributed by atoms with Crippen molar-refractivity contribution < 1.29 is 40.9 Å². The van der Waals surface area contributed by atoms with Crippen LogP contribution in [0.2, 0.25) is 0 Å². The lowest BCUT2D eigenvalue weighted by molar-refractivity contribution is -0.146. The lowest BCUT2D eigenvalue weighted by Crippen LogP contribution is -2.50. The van der Waals surface area contributed by atoms with Crippen LogP contribution in [-0.2, 0) is 34.0 Å². The zero-order valence-electron chi connectivity index (χ0n) is 22.6. The van der Waals surface area contributed by atoms with Crippen LogP contribution in [0, 0.1) is 0 Å². The number of ether oxygens (including phenoxy) is 2. The Morgan fingerprint density at radius 3 is 1.95 bits per heavy atom. The Bertz CT molecular complexity index is 1350. The van der Waals surface area contributed by atoms with Gasteiger partial charge in [0.05, 0.1) is 36.1 Å². The van der Waals surface area contributed by atoms with Gasteiger partial charge < -0.3 is 14.6 Å². The number of rotatable bonds is 9. The summed E-state index contributed by atoms with van der Waals surface area (Å²) in [4.78, 5) is 3.91. The van der Waals surface area contributed by atoms with Crippen molar-refractivity contribution in [3.8, 4) is 0 Å². The lowest BCUT2D eigenvalue weighted by atomic mass is 9.82. The fourth-order valence-electron chi connectivity index (χ4n) is 4.41. The van der Waals surface area contributed by atoms with Crippen LogP contribution in [0.4, 0.5) is 26.3 Å². The molecule has 6 nitrogen and oxygen atoms in total. The molecule has 1 aliphatic rings. The van der Waals surface area contributed by atoms with Gasteiger partial charge in [-0.05, 0) is 55.3 Å². The molecule has 1 fully saturated rings. The molecule has 226 valence electrons. The number of aliphatic hydroxyl groups is 1. The van der Waals surface area contributed by atoms with Crippen LogP contribution in [0.15, 0.2) is 79.4 Å². The van der Waals surface area contributed by atoms with Gasteiger partial charge in [0.2, 0.25) is 0 Å². The van der Waals surface area contributed by atoms with Gasteiger partial charge in [-0.15, -0.1) is 11.8 Å². The second-order valence-corrected chi connectivity index (χ2v) is 12.1. The first kappa shape index (κ1) is 31.8. The van der Waals surface area contributed by atoms with Crippen LogP contribution in [0.5, 0.6) is 0 Å². The summed E-state index contributed by atoms with van der Waals surface area (Å²) in [6.45, 7) is 4.09. The molecule has 42 heavy (non-hydrogen) atoms. The van der Waals surface area contributed by atoms with Crippen molar-refractivity contribution in [1.29, 1.82) is 0 Å². The zero-order valence-corrected chi connectivity index (χ0v) is 23.5. The van der Waals surface area contributed by atoms with Gasteiger partial charge in [0, 0.05) is 4.75 Å². The second kappa shape index (κ2) is 12.6. The summed E-state index contributed by atoms with van der Waals surface area (Å²) in [5.41, 5.74) is -2.28. The van der Waals surface area contributed by atoms with Crippen molar-refractivity contribution in [2.75, 3.05) is 13.2 Å². The molecule has 0 aliphatic carbocycles. The first-order valence-corrected chi connectivity index (χ1v) is 13.7. The molecule has 2 heterocycles. The number of alkyl halides is 6. The quantitative estimate of drug-likeness (QED) is 0.213. The minimum Gasteiger partial charge on any atom is -0.382 e. The monoisotopic (exact) mass is 613 g/mol. The number of halogens is 6. The Morgan fingerprint density at radius 1 is 0.881 bits per heavy atom. The fourth-order valence-corrected chi connectivity index (χ4v) is 5.92. The maximum atomic E-state index is 13.2. The number of hydrogen-bond donors (Lipinski definition) is 1. The molecule has 0 bridgehead atoms. The van der Waals surface area contributed by atoms with E-state index < -0.39 is 40.1 Å². The average Bonchev–Trinajstić information content (AvgIpc) is 3.44. The van der Waals surface area contributed by atoms with E-state index in [1.54, 1.807) is 38.2 Å². The molecule has 3 aromatic rings. The van der Waals surface area contributed by atoms with Crippen LogP contribution in [0.3, 0.4) is 0 Å². The number of allylic oxidation sites excluding steroid dienone is 2.